The van der Waals surface area contributed by atoms with Crippen molar-refractivity contribution >= 4 is 11.8 Å². The van der Waals surface area contributed by atoms with Crippen molar-refractivity contribution in [2.45, 2.75) is 25.6 Å². The molecular formula is C12H16O2S. The van der Waals surface area contributed by atoms with Gasteiger partial charge in [0, 0.05) is 5.75 Å². The summed E-state index contributed by atoms with van der Waals surface area (Å²) in [6, 6.07) is 7.69. The molecule has 0 spiro atoms. The molecule has 1 N–H and O–H groups in total. The van der Waals surface area contributed by atoms with Crippen LogP contribution in [-0.2, 0) is 6.61 Å². The highest BCUT2D eigenvalue weighted by Gasteiger charge is 2.14. The van der Waals surface area contributed by atoms with Crippen LogP contribution >= 0.6 is 11.8 Å². The molecule has 1 saturated heterocycles. The maximum Gasteiger partial charge on any atom is 0.119 e. The fraction of sp³-hybridized carbons (Fsp3) is 0.500. The zero-order valence-electron chi connectivity index (χ0n) is 8.69. The molecule has 0 aliphatic carbocycles. The van der Waals surface area contributed by atoms with E-state index in [1.165, 1.54) is 12.2 Å². The second kappa shape index (κ2) is 5.42. The topological polar surface area (TPSA) is 29.5 Å². The van der Waals surface area contributed by atoms with Crippen LogP contribution in [0.5, 0.6) is 5.75 Å². The van der Waals surface area contributed by atoms with Crippen molar-refractivity contribution in [3.63, 3.8) is 0 Å². The van der Waals surface area contributed by atoms with Crippen LogP contribution in [0.3, 0.4) is 0 Å². The van der Waals surface area contributed by atoms with Gasteiger partial charge in [-0.3, -0.25) is 0 Å². The number of rotatable bonds is 3. The first kappa shape index (κ1) is 10.8. The highest BCUT2D eigenvalue weighted by atomic mass is 32.2. The van der Waals surface area contributed by atoms with Crippen LogP contribution in [0.1, 0.15) is 18.4 Å². The van der Waals surface area contributed by atoms with Crippen molar-refractivity contribution in [3.05, 3.63) is 29.8 Å². The van der Waals surface area contributed by atoms with Crippen molar-refractivity contribution in [1.29, 1.82) is 0 Å². The lowest BCUT2D eigenvalue weighted by Crippen LogP contribution is -2.23. The van der Waals surface area contributed by atoms with E-state index in [0.29, 0.717) is 6.10 Å². The van der Waals surface area contributed by atoms with Gasteiger partial charge < -0.3 is 9.84 Å². The zero-order chi connectivity index (χ0) is 10.5. The average Bonchev–Trinajstić information content (AvgIpc) is 2.31. The van der Waals surface area contributed by atoms with Gasteiger partial charge in [0.05, 0.1) is 6.61 Å². The average molecular weight is 224 g/mol. The Morgan fingerprint density at radius 1 is 1.33 bits per heavy atom. The van der Waals surface area contributed by atoms with Gasteiger partial charge in [-0.25, -0.2) is 0 Å². The van der Waals surface area contributed by atoms with Crippen LogP contribution in [-0.4, -0.2) is 22.7 Å². The van der Waals surface area contributed by atoms with Crippen LogP contribution in [0.2, 0.25) is 0 Å². The monoisotopic (exact) mass is 224 g/mol. The molecule has 0 saturated carbocycles. The molecule has 0 radical (unpaired) electrons. The Morgan fingerprint density at radius 3 is 2.73 bits per heavy atom. The highest BCUT2D eigenvalue weighted by Crippen LogP contribution is 2.22. The maximum atomic E-state index is 8.91. The van der Waals surface area contributed by atoms with E-state index < -0.39 is 0 Å². The summed E-state index contributed by atoms with van der Waals surface area (Å²) in [5.41, 5.74) is 0.931. The van der Waals surface area contributed by atoms with Crippen molar-refractivity contribution < 1.29 is 9.84 Å². The molecular weight excluding hydrogens is 208 g/mol. The van der Waals surface area contributed by atoms with Crippen LogP contribution in [0.4, 0.5) is 0 Å². The molecule has 1 heterocycles. The summed E-state index contributed by atoms with van der Waals surface area (Å²) in [6.07, 6.45) is 2.78. The summed E-state index contributed by atoms with van der Waals surface area (Å²) in [6.45, 7) is 0.0968. The number of thioether (sulfide) groups is 1. The predicted molar refractivity (Wildman–Crippen MR) is 63.3 cm³/mol. The summed E-state index contributed by atoms with van der Waals surface area (Å²) < 4.78 is 5.85. The predicted octanol–water partition coefficient (Wildman–Crippen LogP) is 2.45. The van der Waals surface area contributed by atoms with Crippen molar-refractivity contribution in [1.82, 2.24) is 0 Å². The second-order valence-corrected chi connectivity index (χ2v) is 4.91. The third-order valence-corrected chi connectivity index (χ3v) is 3.71. The van der Waals surface area contributed by atoms with Gasteiger partial charge in [0.1, 0.15) is 11.9 Å². The fourth-order valence-corrected chi connectivity index (χ4v) is 2.71. The van der Waals surface area contributed by atoms with E-state index in [4.69, 9.17) is 9.84 Å². The molecule has 0 bridgehead atoms. The molecule has 1 aromatic carbocycles. The van der Waals surface area contributed by atoms with Gasteiger partial charge in [0.2, 0.25) is 0 Å². The van der Waals surface area contributed by atoms with Crippen LogP contribution in [0.25, 0.3) is 0 Å². The molecule has 0 aromatic heterocycles. The minimum atomic E-state index is 0.0968. The van der Waals surface area contributed by atoms with Crippen LogP contribution in [0, 0.1) is 0 Å². The van der Waals surface area contributed by atoms with Gasteiger partial charge in [-0.2, -0.15) is 11.8 Å². The molecule has 2 rings (SSSR count). The molecule has 0 amide bonds. The zero-order valence-corrected chi connectivity index (χ0v) is 9.50. The van der Waals surface area contributed by atoms with Gasteiger partial charge in [-0.15, -0.1) is 0 Å². The van der Waals surface area contributed by atoms with Gasteiger partial charge >= 0.3 is 0 Å². The first-order chi connectivity index (χ1) is 7.38. The first-order valence-electron chi connectivity index (χ1n) is 5.32. The van der Waals surface area contributed by atoms with E-state index in [9.17, 15) is 0 Å². The lowest BCUT2D eigenvalue weighted by Gasteiger charge is -2.22. The quantitative estimate of drug-likeness (QED) is 0.855. The number of aliphatic hydroxyl groups is 1. The minimum absolute atomic E-state index is 0.0968. The Morgan fingerprint density at radius 2 is 2.13 bits per heavy atom. The Kier molecular flexibility index (Phi) is 3.92. The lowest BCUT2D eigenvalue weighted by molar-refractivity contribution is 0.211. The number of benzene rings is 1. The molecule has 1 unspecified atom stereocenters. The third kappa shape index (κ3) is 3.14. The molecule has 1 atom stereocenters. The maximum absolute atomic E-state index is 8.91. The fourth-order valence-electron chi connectivity index (χ4n) is 1.67. The number of ether oxygens (including phenoxy) is 1. The number of hydrogen-bond acceptors (Lipinski definition) is 3. The van der Waals surface area contributed by atoms with E-state index in [-0.39, 0.29) is 6.61 Å². The summed E-state index contributed by atoms with van der Waals surface area (Å²) in [4.78, 5) is 0. The Balaban J connectivity index is 1.91. The van der Waals surface area contributed by atoms with Crippen molar-refractivity contribution in [2.24, 2.45) is 0 Å². The molecule has 1 aromatic rings. The molecule has 1 fully saturated rings. The summed E-state index contributed by atoms with van der Waals surface area (Å²) in [5.74, 6) is 3.28. The largest absolute Gasteiger partial charge is 0.490 e. The molecule has 1 aliphatic rings. The van der Waals surface area contributed by atoms with E-state index in [1.807, 2.05) is 36.0 Å². The molecule has 2 nitrogen and oxygen atoms in total. The van der Waals surface area contributed by atoms with Crippen molar-refractivity contribution in [3.8, 4) is 5.75 Å². The smallest absolute Gasteiger partial charge is 0.119 e. The molecule has 15 heavy (non-hydrogen) atoms. The standard InChI is InChI=1S/C12H16O2S/c13-8-10-3-5-11(6-4-10)14-12-2-1-7-15-9-12/h3-6,12-13H,1-2,7-9H2. The van der Waals surface area contributed by atoms with E-state index >= 15 is 0 Å². The lowest BCUT2D eigenvalue weighted by atomic mass is 10.2. The van der Waals surface area contributed by atoms with E-state index in [1.54, 1.807) is 0 Å². The first-order valence-corrected chi connectivity index (χ1v) is 6.48. The molecule has 1 aliphatic heterocycles. The summed E-state index contributed by atoms with van der Waals surface area (Å²) in [5, 5.41) is 8.91. The van der Waals surface area contributed by atoms with Gasteiger partial charge in [-0.05, 0) is 36.3 Å². The third-order valence-electron chi connectivity index (χ3n) is 2.53. The Hall–Kier alpha value is -0.670. The SMILES string of the molecule is OCc1ccc(OC2CCCSC2)cc1. The van der Waals surface area contributed by atoms with Crippen LogP contribution in [0.15, 0.2) is 24.3 Å². The normalized spacial score (nSPS) is 21.3. The van der Waals surface area contributed by atoms with Gasteiger partial charge in [0.15, 0.2) is 0 Å². The van der Waals surface area contributed by atoms with Gasteiger partial charge in [-0.1, -0.05) is 12.1 Å². The van der Waals surface area contributed by atoms with Gasteiger partial charge in [0.25, 0.3) is 0 Å². The Labute approximate surface area is 94.6 Å². The highest BCUT2D eigenvalue weighted by molar-refractivity contribution is 7.99. The molecule has 82 valence electrons. The van der Waals surface area contributed by atoms with E-state index in [0.717, 1.165) is 23.5 Å². The van der Waals surface area contributed by atoms with Crippen molar-refractivity contribution in [2.75, 3.05) is 11.5 Å². The second-order valence-electron chi connectivity index (χ2n) is 3.76. The number of aliphatic hydroxyl groups excluding tert-OH is 1. The van der Waals surface area contributed by atoms with Crippen LogP contribution < -0.4 is 4.74 Å². The molecule has 3 heteroatoms. The summed E-state index contributed by atoms with van der Waals surface area (Å²) >= 11 is 1.96. The minimum Gasteiger partial charge on any atom is -0.490 e. The van der Waals surface area contributed by atoms with E-state index in [2.05, 4.69) is 0 Å². The number of hydrogen-bond donors (Lipinski definition) is 1. The summed E-state index contributed by atoms with van der Waals surface area (Å²) in [7, 11) is 0. The Bertz CT molecular complexity index is 291.